The van der Waals surface area contributed by atoms with E-state index in [1.807, 2.05) is 18.2 Å². The van der Waals surface area contributed by atoms with E-state index < -0.39 is 32.5 Å². The molecule has 0 amide bonds. The molecule has 11 heteroatoms. The molecular formula is C45H72NO9P. The summed E-state index contributed by atoms with van der Waals surface area (Å²) in [6, 6.07) is 0. The second-order valence-electron chi connectivity index (χ2n) is 13.2. The Balaban J connectivity index is 4.41. The van der Waals surface area contributed by atoms with Crippen LogP contribution in [-0.2, 0) is 37.5 Å². The van der Waals surface area contributed by atoms with Gasteiger partial charge in [0.15, 0.2) is 11.9 Å². The summed E-state index contributed by atoms with van der Waals surface area (Å²) in [6.07, 6.45) is 47.0. The normalized spacial score (nSPS) is 14.2. The van der Waals surface area contributed by atoms with Gasteiger partial charge in [0.05, 0.1) is 13.2 Å². The molecule has 2 atom stereocenters. The third kappa shape index (κ3) is 38.9. The fourth-order valence-electron chi connectivity index (χ4n) is 4.87. The highest BCUT2D eigenvalue weighted by Crippen LogP contribution is 2.43. The first-order valence-electron chi connectivity index (χ1n) is 20.7. The van der Waals surface area contributed by atoms with E-state index in [2.05, 4.69) is 80.7 Å². The van der Waals surface area contributed by atoms with Crippen molar-refractivity contribution >= 4 is 25.5 Å². The molecule has 0 fully saturated rings. The van der Waals surface area contributed by atoms with Gasteiger partial charge < -0.3 is 20.1 Å². The maximum atomic E-state index is 12.6. The predicted octanol–water partition coefficient (Wildman–Crippen LogP) is 11.0. The van der Waals surface area contributed by atoms with Gasteiger partial charge in [-0.05, 0) is 76.7 Å². The first-order chi connectivity index (χ1) is 27.2. The first-order valence-corrected chi connectivity index (χ1v) is 22.2. The third-order valence-corrected chi connectivity index (χ3v) is 8.93. The summed E-state index contributed by atoms with van der Waals surface area (Å²) >= 11 is 0. The quantitative estimate of drug-likeness (QED) is 0.0155. The second-order valence-corrected chi connectivity index (χ2v) is 14.6. The Kier molecular flexibility index (Phi) is 37.4. The zero-order chi connectivity index (χ0) is 41.2. The van der Waals surface area contributed by atoms with Gasteiger partial charge in [0.1, 0.15) is 6.61 Å². The standard InChI is InChI=1S/C45H72NO9P/c1-3-5-7-9-11-12-13-14-15-16-17-18-19-20-21-22-24-28-32-36-44(48)52-40-43(41-54-56(50,51)53-39-38-46)55-45(49)37-33-29-25-27-31-35-42(47)34-30-26-23-10-8-6-4-2/h5,7,11-12,14-15,17-18,20-21,23-24,26,28,30,34,43H,3-4,6,8-10,13,16,19,22,25,27,29,31-33,35-41,46H2,1-2H3,(H,50,51)/b7-5-,12-11-,15-14-,18-17-,21-20-,26-23-,28-24-,34-30+/t43-/m1/s1. The number of hydrogen-bond donors (Lipinski definition) is 2. The molecule has 0 spiro atoms. The molecule has 0 aliphatic heterocycles. The summed E-state index contributed by atoms with van der Waals surface area (Å²) in [5, 5.41) is 0. The van der Waals surface area contributed by atoms with Crippen molar-refractivity contribution in [3.05, 3.63) is 97.2 Å². The van der Waals surface area contributed by atoms with Crippen LogP contribution in [0, 0.1) is 0 Å². The lowest BCUT2D eigenvalue weighted by atomic mass is 10.1. The Labute approximate surface area is 338 Å². The minimum absolute atomic E-state index is 0.0188. The van der Waals surface area contributed by atoms with Crippen LogP contribution < -0.4 is 5.73 Å². The molecule has 0 rings (SSSR count). The van der Waals surface area contributed by atoms with Gasteiger partial charge in [0.2, 0.25) is 0 Å². The minimum Gasteiger partial charge on any atom is -0.462 e. The van der Waals surface area contributed by atoms with E-state index in [1.165, 1.54) is 19.3 Å². The molecule has 0 aromatic carbocycles. The lowest BCUT2D eigenvalue weighted by molar-refractivity contribution is -0.161. The summed E-state index contributed by atoms with van der Waals surface area (Å²) in [6.45, 7) is 3.30. The van der Waals surface area contributed by atoms with Crippen molar-refractivity contribution in [2.75, 3.05) is 26.4 Å². The molecule has 0 radical (unpaired) electrons. The smallest absolute Gasteiger partial charge is 0.462 e. The number of unbranched alkanes of at least 4 members (excludes halogenated alkanes) is 7. The van der Waals surface area contributed by atoms with Crippen LogP contribution in [0.3, 0.4) is 0 Å². The number of carbonyl (C=O) groups excluding carboxylic acids is 3. The number of esters is 2. The highest BCUT2D eigenvalue weighted by Gasteiger charge is 2.25. The molecule has 0 aromatic rings. The summed E-state index contributed by atoms with van der Waals surface area (Å²) in [5.41, 5.74) is 5.33. The fourth-order valence-corrected chi connectivity index (χ4v) is 5.64. The number of ether oxygens (including phenoxy) is 2. The van der Waals surface area contributed by atoms with Crippen LogP contribution in [0.5, 0.6) is 0 Å². The maximum Gasteiger partial charge on any atom is 0.472 e. The number of nitrogens with two attached hydrogens (primary N) is 1. The molecule has 0 bridgehead atoms. The fraction of sp³-hybridized carbons (Fsp3) is 0.578. The van der Waals surface area contributed by atoms with Gasteiger partial charge in [-0.3, -0.25) is 23.4 Å². The van der Waals surface area contributed by atoms with E-state index in [9.17, 15) is 23.8 Å². The van der Waals surface area contributed by atoms with Gasteiger partial charge in [-0.1, -0.05) is 137 Å². The number of allylic oxidation sites excluding steroid dienone is 16. The zero-order valence-electron chi connectivity index (χ0n) is 34.3. The van der Waals surface area contributed by atoms with Gasteiger partial charge in [-0.2, -0.15) is 0 Å². The number of carbonyl (C=O) groups is 3. The monoisotopic (exact) mass is 801 g/mol. The van der Waals surface area contributed by atoms with Crippen LogP contribution in [0.25, 0.3) is 0 Å². The Morgan fingerprint density at radius 3 is 1.77 bits per heavy atom. The van der Waals surface area contributed by atoms with Crippen molar-refractivity contribution in [2.45, 2.75) is 142 Å². The average molecular weight is 802 g/mol. The van der Waals surface area contributed by atoms with Crippen molar-refractivity contribution in [3.8, 4) is 0 Å². The maximum absolute atomic E-state index is 12.6. The van der Waals surface area contributed by atoms with Gasteiger partial charge in [0.25, 0.3) is 0 Å². The number of rotatable bonds is 37. The predicted molar refractivity (Wildman–Crippen MR) is 229 cm³/mol. The Morgan fingerprint density at radius 1 is 0.607 bits per heavy atom. The van der Waals surface area contributed by atoms with E-state index in [-0.39, 0.29) is 38.4 Å². The number of phosphoric ester groups is 1. The molecule has 1 unspecified atom stereocenters. The molecule has 0 aliphatic carbocycles. The third-order valence-electron chi connectivity index (χ3n) is 7.94. The Morgan fingerprint density at radius 2 is 1.18 bits per heavy atom. The van der Waals surface area contributed by atoms with Crippen LogP contribution in [0.4, 0.5) is 0 Å². The van der Waals surface area contributed by atoms with Crippen LogP contribution >= 0.6 is 7.82 Å². The molecule has 56 heavy (non-hydrogen) atoms. The van der Waals surface area contributed by atoms with Gasteiger partial charge >= 0.3 is 19.8 Å². The van der Waals surface area contributed by atoms with Crippen LogP contribution in [0.15, 0.2) is 97.2 Å². The molecule has 10 nitrogen and oxygen atoms in total. The van der Waals surface area contributed by atoms with Crippen molar-refractivity contribution in [3.63, 3.8) is 0 Å². The number of hydrogen-bond acceptors (Lipinski definition) is 9. The minimum atomic E-state index is -4.43. The van der Waals surface area contributed by atoms with Gasteiger partial charge in [-0.25, -0.2) is 4.57 Å². The van der Waals surface area contributed by atoms with E-state index >= 15 is 0 Å². The molecule has 3 N–H and O–H groups in total. The summed E-state index contributed by atoms with van der Waals surface area (Å²) in [4.78, 5) is 46.8. The molecule has 0 saturated carbocycles. The highest BCUT2D eigenvalue weighted by molar-refractivity contribution is 7.47. The van der Waals surface area contributed by atoms with E-state index in [0.717, 1.165) is 70.6 Å². The van der Waals surface area contributed by atoms with E-state index in [4.69, 9.17) is 24.3 Å². The van der Waals surface area contributed by atoms with Crippen molar-refractivity contribution in [2.24, 2.45) is 5.73 Å². The molecule has 0 aliphatic rings. The molecule has 0 aromatic heterocycles. The molecule has 316 valence electrons. The van der Waals surface area contributed by atoms with Gasteiger partial charge in [0, 0.05) is 25.8 Å². The van der Waals surface area contributed by atoms with Crippen molar-refractivity contribution in [1.82, 2.24) is 0 Å². The topological polar surface area (TPSA) is 151 Å². The van der Waals surface area contributed by atoms with Crippen LogP contribution in [-0.4, -0.2) is 55.1 Å². The van der Waals surface area contributed by atoms with Crippen LogP contribution in [0.2, 0.25) is 0 Å². The van der Waals surface area contributed by atoms with E-state index in [0.29, 0.717) is 19.3 Å². The molecule has 0 heterocycles. The lowest BCUT2D eigenvalue weighted by Gasteiger charge is -2.19. The highest BCUT2D eigenvalue weighted by atomic mass is 31.2. The zero-order valence-corrected chi connectivity index (χ0v) is 35.2. The van der Waals surface area contributed by atoms with Crippen LogP contribution in [0.1, 0.15) is 136 Å². The molecular weight excluding hydrogens is 729 g/mol. The summed E-state index contributed by atoms with van der Waals surface area (Å²) in [7, 11) is -4.43. The Hall–Kier alpha value is -3.40. The van der Waals surface area contributed by atoms with Gasteiger partial charge in [-0.15, -0.1) is 0 Å². The van der Waals surface area contributed by atoms with Crippen molar-refractivity contribution in [1.29, 1.82) is 0 Å². The second kappa shape index (κ2) is 39.8. The SMILES string of the molecule is CC/C=C\C/C=C\C/C=C\C/C=C\C/C=C\C/C=C\CCC(=O)OC[C@H](COP(=O)(O)OCCN)OC(=O)CCCCCCCC(=O)/C=C/C=C\CCCCC. The average Bonchev–Trinajstić information content (AvgIpc) is 3.18. The lowest BCUT2D eigenvalue weighted by Crippen LogP contribution is -2.29. The number of ketones is 1. The van der Waals surface area contributed by atoms with Crippen molar-refractivity contribution < 1.29 is 42.4 Å². The summed E-state index contributed by atoms with van der Waals surface area (Å²) < 4.78 is 32.5. The summed E-state index contributed by atoms with van der Waals surface area (Å²) in [5.74, 6) is -0.924. The largest absolute Gasteiger partial charge is 0.472 e. The number of phosphoric acid groups is 1. The van der Waals surface area contributed by atoms with E-state index in [1.54, 1.807) is 12.2 Å². The molecule has 0 saturated heterocycles. The Bertz CT molecular complexity index is 1300. The first kappa shape index (κ1) is 52.6.